The molecule has 0 aromatic heterocycles. The van der Waals surface area contributed by atoms with Gasteiger partial charge in [-0.3, -0.25) is 4.90 Å². The minimum Gasteiger partial charge on any atom is -0.443 e. The summed E-state index contributed by atoms with van der Waals surface area (Å²) in [5.41, 5.74) is 2.03. The highest BCUT2D eigenvalue weighted by Crippen LogP contribution is 2.08. The highest BCUT2D eigenvalue weighted by molar-refractivity contribution is 5.68. The first-order valence-electron chi connectivity index (χ1n) is 3.68. The first-order valence-corrected chi connectivity index (χ1v) is 3.68. The molecule has 0 aliphatic rings. The topological polar surface area (TPSA) is 29.5 Å². The number of hydrogen-bond donors (Lipinski definition) is 0. The van der Waals surface area contributed by atoms with Crippen molar-refractivity contribution in [1.29, 1.82) is 0 Å². The van der Waals surface area contributed by atoms with Gasteiger partial charge >= 0.3 is 6.09 Å². The fourth-order valence-corrected chi connectivity index (χ4v) is 0.524. The van der Waals surface area contributed by atoms with Gasteiger partial charge in [0.25, 0.3) is 0 Å². The molecular formula is C9H15NO2. The summed E-state index contributed by atoms with van der Waals surface area (Å²) < 4.78 is 5.04. The lowest BCUT2D eigenvalue weighted by molar-refractivity contribution is 0.0372. The molecule has 0 saturated heterocycles. The van der Waals surface area contributed by atoms with E-state index in [0.717, 1.165) is 0 Å². The number of rotatable bonds is 1. The van der Waals surface area contributed by atoms with Crippen molar-refractivity contribution in [1.82, 2.24) is 4.90 Å². The average molecular weight is 169 g/mol. The largest absolute Gasteiger partial charge is 0.443 e. The molecule has 0 spiro atoms. The molecule has 0 aliphatic carbocycles. The van der Waals surface area contributed by atoms with E-state index in [4.69, 9.17) is 4.74 Å². The van der Waals surface area contributed by atoms with E-state index in [1.807, 2.05) is 20.8 Å². The van der Waals surface area contributed by atoms with Crippen LogP contribution in [0.3, 0.4) is 0 Å². The summed E-state index contributed by atoms with van der Waals surface area (Å²) in [6.45, 7) is 8.80. The second kappa shape index (κ2) is 3.98. The van der Waals surface area contributed by atoms with Crippen molar-refractivity contribution in [2.45, 2.75) is 26.4 Å². The molecule has 0 atom stereocenters. The van der Waals surface area contributed by atoms with Crippen LogP contribution in [0.15, 0.2) is 18.5 Å². The van der Waals surface area contributed by atoms with Crippen LogP contribution in [0.4, 0.5) is 4.79 Å². The lowest BCUT2D eigenvalue weighted by Crippen LogP contribution is -2.31. The maximum absolute atomic E-state index is 11.2. The van der Waals surface area contributed by atoms with Crippen molar-refractivity contribution >= 4 is 6.09 Å². The molecule has 0 saturated carbocycles. The summed E-state index contributed by atoms with van der Waals surface area (Å²) >= 11 is 0. The van der Waals surface area contributed by atoms with Gasteiger partial charge in [0.2, 0.25) is 0 Å². The van der Waals surface area contributed by atoms with E-state index in [9.17, 15) is 4.79 Å². The Morgan fingerprint density at radius 2 is 2.08 bits per heavy atom. The van der Waals surface area contributed by atoms with E-state index in [0.29, 0.717) is 0 Å². The minimum absolute atomic E-state index is 0.404. The predicted molar refractivity (Wildman–Crippen MR) is 47.7 cm³/mol. The van der Waals surface area contributed by atoms with Gasteiger partial charge in [-0.05, 0) is 20.8 Å². The van der Waals surface area contributed by atoms with Gasteiger partial charge in [0.05, 0.1) is 6.20 Å². The molecule has 0 N–H and O–H groups in total. The van der Waals surface area contributed by atoms with Crippen molar-refractivity contribution < 1.29 is 9.53 Å². The SMILES string of the molecule is C=C=CN(C)C(=O)OC(C)(C)C. The van der Waals surface area contributed by atoms with E-state index in [2.05, 4.69) is 12.3 Å². The molecule has 0 bridgehead atoms. The van der Waals surface area contributed by atoms with Gasteiger partial charge < -0.3 is 4.74 Å². The molecule has 0 fully saturated rings. The number of ether oxygens (including phenoxy) is 1. The lowest BCUT2D eigenvalue weighted by Gasteiger charge is -2.22. The zero-order chi connectivity index (χ0) is 9.78. The Balaban J connectivity index is 4.14. The Labute approximate surface area is 73.3 Å². The van der Waals surface area contributed by atoms with E-state index < -0.39 is 11.7 Å². The third-order valence-electron chi connectivity index (χ3n) is 0.966. The van der Waals surface area contributed by atoms with E-state index in [1.165, 1.54) is 11.1 Å². The monoisotopic (exact) mass is 169 g/mol. The van der Waals surface area contributed by atoms with Gasteiger partial charge in [0.15, 0.2) is 0 Å². The third-order valence-corrected chi connectivity index (χ3v) is 0.966. The second-order valence-corrected chi connectivity index (χ2v) is 3.42. The standard InChI is InChI=1S/C9H15NO2/c1-6-7-10(5)8(11)12-9(2,3)4/h7H,1H2,2-5H3. The van der Waals surface area contributed by atoms with E-state index >= 15 is 0 Å². The lowest BCUT2D eigenvalue weighted by atomic mass is 10.2. The van der Waals surface area contributed by atoms with Crippen LogP contribution in [0, 0.1) is 0 Å². The highest BCUT2D eigenvalue weighted by atomic mass is 16.6. The highest BCUT2D eigenvalue weighted by Gasteiger charge is 2.17. The summed E-state index contributed by atoms with van der Waals surface area (Å²) in [5.74, 6) is 0. The van der Waals surface area contributed by atoms with Gasteiger partial charge in [-0.1, -0.05) is 6.58 Å². The number of nitrogens with zero attached hydrogens (tertiary/aromatic N) is 1. The maximum atomic E-state index is 11.2. The number of amides is 1. The predicted octanol–water partition coefficient (Wildman–Crippen LogP) is 2.15. The van der Waals surface area contributed by atoms with E-state index in [-0.39, 0.29) is 0 Å². The number of carbonyl (C=O) groups excluding carboxylic acids is 1. The molecule has 68 valence electrons. The van der Waals surface area contributed by atoms with Crippen molar-refractivity contribution in [2.75, 3.05) is 7.05 Å². The molecule has 0 aromatic carbocycles. The van der Waals surface area contributed by atoms with Crippen LogP contribution in [0.5, 0.6) is 0 Å². The molecule has 1 amide bonds. The first kappa shape index (κ1) is 10.8. The van der Waals surface area contributed by atoms with Crippen LogP contribution < -0.4 is 0 Å². The zero-order valence-corrected chi connectivity index (χ0v) is 8.05. The Morgan fingerprint density at radius 1 is 1.58 bits per heavy atom. The smallest absolute Gasteiger partial charge is 0.414 e. The Bertz CT molecular complexity index is 209. The Morgan fingerprint density at radius 3 is 2.42 bits per heavy atom. The van der Waals surface area contributed by atoms with Crippen LogP contribution in [0.2, 0.25) is 0 Å². The molecule has 0 unspecified atom stereocenters. The summed E-state index contributed by atoms with van der Waals surface area (Å²) in [4.78, 5) is 12.4. The summed E-state index contributed by atoms with van der Waals surface area (Å²) in [6, 6.07) is 0. The quantitative estimate of drug-likeness (QED) is 0.563. The normalized spacial score (nSPS) is 10.0. The number of hydrogen-bond acceptors (Lipinski definition) is 2. The van der Waals surface area contributed by atoms with Crippen molar-refractivity contribution in [2.24, 2.45) is 0 Å². The molecule has 0 heterocycles. The van der Waals surface area contributed by atoms with Gasteiger partial charge in [-0.2, -0.15) is 0 Å². The van der Waals surface area contributed by atoms with Crippen LogP contribution in [-0.4, -0.2) is 23.6 Å². The Kier molecular flexibility index (Phi) is 3.58. The summed E-state index contributed by atoms with van der Waals surface area (Å²) in [7, 11) is 1.59. The van der Waals surface area contributed by atoms with Crippen molar-refractivity contribution in [3.63, 3.8) is 0 Å². The zero-order valence-electron chi connectivity index (χ0n) is 8.05. The number of carbonyl (C=O) groups is 1. The summed E-state index contributed by atoms with van der Waals surface area (Å²) in [5, 5.41) is 0. The van der Waals surface area contributed by atoms with E-state index in [1.54, 1.807) is 7.05 Å². The van der Waals surface area contributed by atoms with Crippen LogP contribution in [-0.2, 0) is 4.74 Å². The Hall–Kier alpha value is -1.21. The van der Waals surface area contributed by atoms with Gasteiger partial charge in [-0.15, -0.1) is 5.73 Å². The van der Waals surface area contributed by atoms with Crippen LogP contribution in [0.1, 0.15) is 20.8 Å². The fraction of sp³-hybridized carbons (Fsp3) is 0.556. The third kappa shape index (κ3) is 4.58. The van der Waals surface area contributed by atoms with Gasteiger partial charge in [-0.25, -0.2) is 4.79 Å². The molecule has 12 heavy (non-hydrogen) atoms. The van der Waals surface area contributed by atoms with Crippen LogP contribution in [0.25, 0.3) is 0 Å². The minimum atomic E-state index is -0.458. The van der Waals surface area contributed by atoms with Crippen molar-refractivity contribution in [3.05, 3.63) is 18.5 Å². The first-order chi connectivity index (χ1) is 5.37. The van der Waals surface area contributed by atoms with Crippen LogP contribution >= 0.6 is 0 Å². The van der Waals surface area contributed by atoms with Crippen molar-refractivity contribution in [3.8, 4) is 0 Å². The molecule has 0 radical (unpaired) electrons. The molecular weight excluding hydrogens is 154 g/mol. The molecule has 0 aliphatic heterocycles. The van der Waals surface area contributed by atoms with Gasteiger partial charge in [0, 0.05) is 7.05 Å². The molecule has 3 heteroatoms. The molecule has 3 nitrogen and oxygen atoms in total. The fourth-order valence-electron chi connectivity index (χ4n) is 0.524. The van der Waals surface area contributed by atoms with Gasteiger partial charge in [0.1, 0.15) is 5.60 Å². The molecule has 0 rings (SSSR count). The summed E-state index contributed by atoms with van der Waals surface area (Å²) in [6.07, 6.45) is 1.02. The second-order valence-electron chi connectivity index (χ2n) is 3.42. The molecule has 0 aromatic rings. The maximum Gasteiger partial charge on any atom is 0.414 e. The average Bonchev–Trinajstić information content (AvgIpc) is 1.84.